The van der Waals surface area contributed by atoms with E-state index in [-0.39, 0.29) is 17.9 Å². The summed E-state index contributed by atoms with van der Waals surface area (Å²) in [5.41, 5.74) is 1.49. The molecule has 4 aliphatic heterocycles. The monoisotopic (exact) mass is 537 g/mol. The molecular formula is C30H44BN3O5. The van der Waals surface area contributed by atoms with Gasteiger partial charge in [0, 0.05) is 30.9 Å². The number of aliphatic hydroxyl groups is 1. The van der Waals surface area contributed by atoms with E-state index in [1.807, 2.05) is 0 Å². The zero-order valence-corrected chi connectivity index (χ0v) is 24.2. The second-order valence-electron chi connectivity index (χ2n) is 13.5. The second kappa shape index (κ2) is 9.57. The van der Waals surface area contributed by atoms with Gasteiger partial charge in [-0.1, -0.05) is 18.6 Å². The van der Waals surface area contributed by atoms with E-state index >= 15 is 0 Å². The van der Waals surface area contributed by atoms with Crippen molar-refractivity contribution in [2.45, 2.75) is 114 Å². The van der Waals surface area contributed by atoms with Crippen LogP contribution in [0, 0.1) is 0 Å². The zero-order chi connectivity index (χ0) is 27.7. The van der Waals surface area contributed by atoms with Crippen LogP contribution in [0.4, 0.5) is 5.69 Å². The number of fused-ring (bicyclic) bond motifs is 2. The largest absolute Gasteiger partial charge is 0.494 e. The Morgan fingerprint density at radius 3 is 2.18 bits per heavy atom. The Kier molecular flexibility index (Phi) is 6.69. The number of carbonyl (C=O) groups is 2. The molecule has 8 nitrogen and oxygen atoms in total. The van der Waals surface area contributed by atoms with Gasteiger partial charge in [-0.15, -0.1) is 0 Å². The number of benzene rings is 1. The van der Waals surface area contributed by atoms with Gasteiger partial charge in [-0.05, 0) is 103 Å². The highest BCUT2D eigenvalue weighted by molar-refractivity contribution is 6.62. The molecule has 1 atom stereocenters. The van der Waals surface area contributed by atoms with E-state index in [1.54, 1.807) is 4.90 Å². The molecule has 3 saturated heterocycles. The van der Waals surface area contributed by atoms with Crippen molar-refractivity contribution in [3.8, 4) is 0 Å². The lowest BCUT2D eigenvalue weighted by Gasteiger charge is -2.48. The molecule has 9 heteroatoms. The summed E-state index contributed by atoms with van der Waals surface area (Å²) in [5, 5.41) is 9.84. The molecule has 1 aliphatic carbocycles. The van der Waals surface area contributed by atoms with Gasteiger partial charge in [-0.25, -0.2) is 0 Å². The number of carbonyl (C=O) groups excluding carboxylic acids is 2. The molecule has 0 radical (unpaired) electrons. The van der Waals surface area contributed by atoms with E-state index in [0.717, 1.165) is 29.6 Å². The molecule has 1 spiro atoms. The van der Waals surface area contributed by atoms with E-state index < -0.39 is 29.8 Å². The summed E-state index contributed by atoms with van der Waals surface area (Å²) in [7, 11) is -0.484. The minimum absolute atomic E-state index is 0.176. The number of amides is 2. The first-order valence-electron chi connectivity index (χ1n) is 15.0. The topological polar surface area (TPSA) is 82.6 Å². The van der Waals surface area contributed by atoms with Crippen molar-refractivity contribution < 1.29 is 24.0 Å². The van der Waals surface area contributed by atoms with Gasteiger partial charge in [0.15, 0.2) is 0 Å². The molecule has 1 saturated carbocycles. The normalized spacial score (nSPS) is 30.4. The first-order chi connectivity index (χ1) is 18.4. The van der Waals surface area contributed by atoms with E-state index in [1.165, 1.54) is 39.3 Å². The van der Waals surface area contributed by atoms with Gasteiger partial charge in [0.1, 0.15) is 6.10 Å². The van der Waals surface area contributed by atoms with Gasteiger partial charge < -0.3 is 29.1 Å². The third-order valence-electron chi connectivity index (χ3n) is 10.6. The first kappa shape index (κ1) is 27.2. The molecule has 39 heavy (non-hydrogen) atoms. The third-order valence-corrected chi connectivity index (χ3v) is 10.6. The molecule has 1 aromatic rings. The lowest BCUT2D eigenvalue weighted by molar-refractivity contribution is -0.142. The molecule has 0 aromatic heterocycles. The highest BCUT2D eigenvalue weighted by atomic mass is 16.7. The maximum absolute atomic E-state index is 14.4. The predicted molar refractivity (Wildman–Crippen MR) is 151 cm³/mol. The minimum atomic E-state index is -1.02. The zero-order valence-electron chi connectivity index (χ0n) is 24.2. The molecule has 2 amide bonds. The smallest absolute Gasteiger partial charge is 0.399 e. The Morgan fingerprint density at radius 1 is 0.974 bits per heavy atom. The molecule has 1 N–H and O–H groups in total. The summed E-state index contributed by atoms with van der Waals surface area (Å²) in [4.78, 5) is 33.3. The number of likely N-dealkylation sites (tertiary alicyclic amines) is 2. The number of hydrogen-bond donors (Lipinski definition) is 1. The number of aliphatic hydroxyl groups excluding tert-OH is 1. The highest BCUT2D eigenvalue weighted by Crippen LogP contribution is 2.51. The van der Waals surface area contributed by atoms with Crippen LogP contribution in [0.1, 0.15) is 85.1 Å². The van der Waals surface area contributed by atoms with Crippen LogP contribution in [-0.2, 0) is 24.3 Å². The Bertz CT molecular complexity index is 1120. The average molecular weight is 538 g/mol. The molecular weight excluding hydrogens is 493 g/mol. The average Bonchev–Trinajstić information content (AvgIpc) is 3.24. The summed E-state index contributed by atoms with van der Waals surface area (Å²) >= 11 is 0. The molecule has 4 fully saturated rings. The Hall–Kier alpha value is -1.94. The number of anilines is 1. The number of piperidine rings is 2. The molecule has 6 rings (SSSR count). The Labute approximate surface area is 233 Å². The lowest BCUT2D eigenvalue weighted by Crippen LogP contribution is -2.58. The van der Waals surface area contributed by atoms with Gasteiger partial charge in [-0.2, -0.15) is 0 Å². The maximum atomic E-state index is 14.4. The van der Waals surface area contributed by atoms with Crippen LogP contribution in [0.5, 0.6) is 0 Å². The summed E-state index contributed by atoms with van der Waals surface area (Å²) in [6.45, 7) is 13.0. The van der Waals surface area contributed by atoms with Gasteiger partial charge in [0.25, 0.3) is 5.91 Å². The van der Waals surface area contributed by atoms with Crippen molar-refractivity contribution in [1.82, 2.24) is 9.80 Å². The lowest BCUT2D eigenvalue weighted by atomic mass is 9.71. The number of nitrogens with zero attached hydrogens (tertiary/aromatic N) is 3. The van der Waals surface area contributed by atoms with Crippen LogP contribution < -0.4 is 10.4 Å². The molecule has 212 valence electrons. The molecule has 0 bridgehead atoms. The van der Waals surface area contributed by atoms with Crippen molar-refractivity contribution >= 4 is 30.1 Å². The minimum Gasteiger partial charge on any atom is -0.399 e. The van der Waals surface area contributed by atoms with Crippen LogP contribution in [-0.4, -0.2) is 89.4 Å². The fourth-order valence-corrected chi connectivity index (χ4v) is 7.30. The van der Waals surface area contributed by atoms with Crippen molar-refractivity contribution in [3.05, 3.63) is 23.8 Å². The first-order valence-corrected chi connectivity index (χ1v) is 15.0. The van der Waals surface area contributed by atoms with Gasteiger partial charge >= 0.3 is 7.12 Å². The van der Waals surface area contributed by atoms with Crippen molar-refractivity contribution in [2.24, 2.45) is 0 Å². The van der Waals surface area contributed by atoms with Gasteiger partial charge in [0.05, 0.1) is 16.6 Å². The number of hydrogen-bond acceptors (Lipinski definition) is 6. The van der Waals surface area contributed by atoms with Crippen LogP contribution in [0.2, 0.25) is 0 Å². The Balaban J connectivity index is 1.30. The van der Waals surface area contributed by atoms with Crippen LogP contribution in [0.3, 0.4) is 0 Å². The summed E-state index contributed by atoms with van der Waals surface area (Å²) in [6.07, 6.45) is 6.01. The van der Waals surface area contributed by atoms with E-state index in [2.05, 4.69) is 55.7 Å². The van der Waals surface area contributed by atoms with Crippen LogP contribution in [0.15, 0.2) is 18.2 Å². The van der Waals surface area contributed by atoms with Crippen molar-refractivity contribution in [3.63, 3.8) is 0 Å². The van der Waals surface area contributed by atoms with E-state index in [0.29, 0.717) is 32.0 Å². The van der Waals surface area contributed by atoms with Gasteiger partial charge in [-0.3, -0.25) is 9.59 Å². The van der Waals surface area contributed by atoms with Crippen LogP contribution >= 0.6 is 0 Å². The van der Waals surface area contributed by atoms with Crippen LogP contribution in [0.25, 0.3) is 0 Å². The molecule has 4 heterocycles. The molecule has 0 unspecified atom stereocenters. The van der Waals surface area contributed by atoms with E-state index in [9.17, 15) is 14.7 Å². The quantitative estimate of drug-likeness (QED) is 0.595. The number of rotatable bonds is 4. The van der Waals surface area contributed by atoms with Crippen molar-refractivity contribution in [2.75, 3.05) is 31.1 Å². The second-order valence-corrected chi connectivity index (χ2v) is 13.5. The summed E-state index contributed by atoms with van der Waals surface area (Å²) in [5.74, 6) is -0.0818. The summed E-state index contributed by atoms with van der Waals surface area (Å²) in [6, 6.07) is 7.05. The SMILES string of the molecule is C[C@@H](O)C(=O)N1CCC2(CC1)C(=O)N([C@H]1C[C@@H](N3CCCCC3)C1)c1cc(B3OC(C)(C)C(C)(C)O3)ccc12. The standard InChI is InChI=1S/C30H44BN3O5/c1-20(35)26(36)33-15-11-30(12-16-33)24-10-9-21(31-38-28(2,3)29(4,5)39-31)17-25(24)34(27(30)37)23-18-22(19-23)32-13-7-6-8-14-32/h9-10,17,20,22-23,35H,6-8,11-16,18-19H2,1-5H3/t20-,22-,23+/m1/s1. The predicted octanol–water partition coefficient (Wildman–Crippen LogP) is 2.59. The fraction of sp³-hybridized carbons (Fsp3) is 0.733. The van der Waals surface area contributed by atoms with Crippen molar-refractivity contribution in [1.29, 1.82) is 0 Å². The molecule has 1 aromatic carbocycles. The highest BCUT2D eigenvalue weighted by Gasteiger charge is 2.57. The Morgan fingerprint density at radius 2 is 1.59 bits per heavy atom. The van der Waals surface area contributed by atoms with E-state index in [4.69, 9.17) is 9.31 Å². The summed E-state index contributed by atoms with van der Waals surface area (Å²) < 4.78 is 12.7. The molecule has 5 aliphatic rings. The van der Waals surface area contributed by atoms with Gasteiger partial charge in [0.2, 0.25) is 5.91 Å². The maximum Gasteiger partial charge on any atom is 0.494 e. The third kappa shape index (κ3) is 4.35. The fourth-order valence-electron chi connectivity index (χ4n) is 7.30.